The molecule has 0 saturated carbocycles. The van der Waals surface area contributed by atoms with Crippen LogP contribution in [0.5, 0.6) is 0 Å². The Morgan fingerprint density at radius 1 is 1.14 bits per heavy atom. The topological polar surface area (TPSA) is 120 Å². The van der Waals surface area contributed by atoms with E-state index in [4.69, 9.17) is 14.2 Å². The molecule has 1 aliphatic rings. The van der Waals surface area contributed by atoms with Crippen molar-refractivity contribution in [1.82, 2.24) is 10.9 Å². The van der Waals surface area contributed by atoms with Gasteiger partial charge >= 0.3 is 5.97 Å². The minimum absolute atomic E-state index is 0.138. The van der Waals surface area contributed by atoms with Crippen LogP contribution < -0.4 is 10.9 Å². The number of carbonyl (C=O) groups is 2. The first-order chi connectivity index (χ1) is 17.1. The molecule has 1 amide bonds. The van der Waals surface area contributed by atoms with Crippen LogP contribution in [0.4, 0.5) is 0 Å². The molecule has 2 N–H and O–H groups in total. The maximum absolute atomic E-state index is 13.2. The molecule has 208 valence electrons. The predicted molar refractivity (Wildman–Crippen MR) is 142 cm³/mol. The van der Waals surface area contributed by atoms with Crippen molar-refractivity contribution in [3.05, 3.63) is 47.4 Å². The summed E-state index contributed by atoms with van der Waals surface area (Å²) < 4.78 is 41.2. The Hall–Kier alpha value is -2.59. The molecule has 0 aliphatic carbocycles. The van der Waals surface area contributed by atoms with Gasteiger partial charge in [0.15, 0.2) is 9.84 Å². The quantitative estimate of drug-likeness (QED) is 0.273. The van der Waals surface area contributed by atoms with Crippen molar-refractivity contribution in [1.29, 1.82) is 0 Å². The van der Waals surface area contributed by atoms with Crippen molar-refractivity contribution in [2.45, 2.75) is 78.4 Å². The Kier molecular flexibility index (Phi) is 10.2. The van der Waals surface area contributed by atoms with Crippen LogP contribution in [0.3, 0.4) is 0 Å². The zero-order valence-electron chi connectivity index (χ0n) is 23.1. The average molecular weight is 539 g/mol. The van der Waals surface area contributed by atoms with Crippen molar-refractivity contribution >= 4 is 21.7 Å². The van der Waals surface area contributed by atoms with Crippen LogP contribution in [0.25, 0.3) is 0 Å². The van der Waals surface area contributed by atoms with Gasteiger partial charge in [-0.05, 0) is 43.2 Å². The van der Waals surface area contributed by atoms with E-state index in [0.29, 0.717) is 31.4 Å². The summed E-state index contributed by atoms with van der Waals surface area (Å²) in [5, 5.41) is 0. The Labute approximate surface area is 221 Å². The second kappa shape index (κ2) is 12.3. The number of benzene rings is 1. The second-order valence-corrected chi connectivity index (χ2v) is 13.0. The number of allylic oxidation sites excluding steroid dienone is 1. The molecule has 10 heteroatoms. The van der Waals surface area contributed by atoms with Gasteiger partial charge < -0.3 is 14.2 Å². The number of carbonyl (C=O) groups excluding carboxylic acids is 2. The van der Waals surface area contributed by atoms with Gasteiger partial charge in [0, 0.05) is 27.3 Å². The number of rotatable bonds is 14. The van der Waals surface area contributed by atoms with Crippen LogP contribution in [0.2, 0.25) is 0 Å². The van der Waals surface area contributed by atoms with Crippen molar-refractivity contribution in [3.63, 3.8) is 0 Å². The number of ether oxygens (including phenoxy) is 3. The van der Waals surface area contributed by atoms with Crippen LogP contribution >= 0.6 is 0 Å². The summed E-state index contributed by atoms with van der Waals surface area (Å²) in [6.45, 7) is 11.1. The highest BCUT2D eigenvalue weighted by molar-refractivity contribution is 7.92. The van der Waals surface area contributed by atoms with Crippen LogP contribution in [0.1, 0.15) is 71.9 Å². The van der Waals surface area contributed by atoms with Gasteiger partial charge in [-0.1, -0.05) is 44.5 Å². The number of hydrogen-bond acceptors (Lipinski definition) is 8. The summed E-state index contributed by atoms with van der Waals surface area (Å²) in [6.07, 6.45) is 3.82. The number of sulfone groups is 1. The maximum atomic E-state index is 13.2. The monoisotopic (exact) mass is 538 g/mol. The van der Waals surface area contributed by atoms with Crippen LogP contribution in [-0.2, 0) is 45.5 Å². The van der Waals surface area contributed by atoms with E-state index in [-0.39, 0.29) is 18.3 Å². The molecular formula is C27H42N2O7S. The van der Waals surface area contributed by atoms with Gasteiger partial charge in [-0.15, -0.1) is 0 Å². The van der Waals surface area contributed by atoms with Crippen molar-refractivity contribution in [2.75, 3.05) is 25.2 Å². The molecule has 1 aromatic carbocycles. The molecule has 2 rings (SSSR count). The van der Waals surface area contributed by atoms with E-state index in [1.54, 1.807) is 20.2 Å². The molecule has 0 bridgehead atoms. The minimum Gasteiger partial charge on any atom is -0.465 e. The van der Waals surface area contributed by atoms with Crippen LogP contribution in [0.15, 0.2) is 36.3 Å². The lowest BCUT2D eigenvalue weighted by atomic mass is 9.75. The summed E-state index contributed by atoms with van der Waals surface area (Å²) in [6, 6.07) is 7.83. The molecule has 0 saturated heterocycles. The number of hydrazine groups is 1. The maximum Gasteiger partial charge on any atom is 0.321 e. The van der Waals surface area contributed by atoms with Gasteiger partial charge in [0.05, 0.1) is 17.8 Å². The Bertz CT molecular complexity index is 1100. The van der Waals surface area contributed by atoms with E-state index in [1.165, 1.54) is 0 Å². The highest BCUT2D eigenvalue weighted by atomic mass is 32.2. The molecule has 0 aromatic heterocycles. The summed E-state index contributed by atoms with van der Waals surface area (Å²) >= 11 is 0. The molecule has 1 aliphatic heterocycles. The molecule has 1 heterocycles. The summed E-state index contributed by atoms with van der Waals surface area (Å²) in [5.41, 5.74) is 5.84. The van der Waals surface area contributed by atoms with Gasteiger partial charge in [0.2, 0.25) is 11.7 Å². The highest BCUT2D eigenvalue weighted by Gasteiger charge is 2.36. The summed E-state index contributed by atoms with van der Waals surface area (Å²) in [4.78, 5) is 24.9. The fraction of sp³-hybridized carbons (Fsp3) is 0.630. The molecule has 0 radical (unpaired) electrons. The largest absolute Gasteiger partial charge is 0.465 e. The Balaban J connectivity index is 2.14. The third-order valence-corrected chi connectivity index (χ3v) is 8.21. The lowest BCUT2D eigenvalue weighted by molar-refractivity contribution is -0.140. The van der Waals surface area contributed by atoms with Gasteiger partial charge in [-0.2, -0.15) is 0 Å². The summed E-state index contributed by atoms with van der Waals surface area (Å²) in [7, 11) is -1.98. The van der Waals surface area contributed by atoms with E-state index in [9.17, 15) is 18.0 Å². The third kappa shape index (κ3) is 9.34. The first kappa shape index (κ1) is 30.6. The van der Waals surface area contributed by atoms with Crippen molar-refractivity contribution < 1.29 is 32.2 Å². The van der Waals surface area contributed by atoms with Gasteiger partial charge in [-0.3, -0.25) is 15.0 Å². The lowest BCUT2D eigenvalue weighted by Gasteiger charge is -2.31. The normalized spacial score (nSPS) is 16.7. The molecule has 0 spiro atoms. The highest BCUT2D eigenvalue weighted by Crippen LogP contribution is 2.35. The van der Waals surface area contributed by atoms with Crippen LogP contribution in [-0.4, -0.2) is 51.2 Å². The Morgan fingerprint density at radius 2 is 1.84 bits per heavy atom. The SMILES string of the molecule is CCOC(=O)CS(=O)(=O)CC(C)(C)CCCC(C)(C(=O)NNC)c1cccc(CC2=COC(C)(C)O2)c1. The number of hydrogen-bond donors (Lipinski definition) is 2. The zero-order chi connectivity index (χ0) is 27.9. The van der Waals surface area contributed by atoms with Gasteiger partial charge in [0.25, 0.3) is 0 Å². The molecule has 0 fully saturated rings. The van der Waals surface area contributed by atoms with Crippen molar-refractivity contribution in [2.24, 2.45) is 5.41 Å². The van der Waals surface area contributed by atoms with Crippen molar-refractivity contribution in [3.8, 4) is 0 Å². The van der Waals surface area contributed by atoms with E-state index in [1.807, 2.05) is 58.9 Å². The van der Waals surface area contributed by atoms with Gasteiger partial charge in [0.1, 0.15) is 17.8 Å². The Morgan fingerprint density at radius 3 is 2.43 bits per heavy atom. The average Bonchev–Trinajstić information content (AvgIpc) is 3.10. The first-order valence-electron chi connectivity index (χ1n) is 12.6. The van der Waals surface area contributed by atoms with E-state index in [0.717, 1.165) is 11.1 Å². The number of nitrogens with one attached hydrogen (secondary N) is 2. The fourth-order valence-corrected chi connectivity index (χ4v) is 6.42. The lowest BCUT2D eigenvalue weighted by Crippen LogP contribution is -2.47. The third-order valence-electron chi connectivity index (χ3n) is 6.32. The molecule has 1 aromatic rings. The minimum atomic E-state index is -3.62. The zero-order valence-corrected chi connectivity index (χ0v) is 23.9. The molecule has 1 unspecified atom stereocenters. The standard InChI is InChI=1S/C27H42N2O7S/c1-8-34-23(30)18-37(32,33)19-25(2,3)13-10-14-27(6,24(31)29-28-7)21-12-9-11-20(15-21)16-22-17-35-26(4,5)36-22/h9,11-12,15,17,28H,8,10,13-14,16,18-19H2,1-7H3,(H,29,31). The fourth-order valence-electron chi connectivity index (χ4n) is 4.54. The smallest absolute Gasteiger partial charge is 0.321 e. The predicted octanol–water partition coefficient (Wildman–Crippen LogP) is 3.54. The molecule has 37 heavy (non-hydrogen) atoms. The van der Waals surface area contributed by atoms with Gasteiger partial charge in [-0.25, -0.2) is 13.8 Å². The number of esters is 1. The molecular weight excluding hydrogens is 496 g/mol. The van der Waals surface area contributed by atoms with E-state index >= 15 is 0 Å². The first-order valence-corrected chi connectivity index (χ1v) is 14.4. The number of amides is 1. The van der Waals surface area contributed by atoms with Crippen LogP contribution in [0, 0.1) is 5.41 Å². The van der Waals surface area contributed by atoms with E-state index in [2.05, 4.69) is 10.9 Å². The van der Waals surface area contributed by atoms with E-state index < -0.39 is 38.2 Å². The second-order valence-electron chi connectivity index (χ2n) is 11.0. The summed E-state index contributed by atoms with van der Waals surface area (Å²) in [5.74, 6) is -1.65. The molecule has 1 atom stereocenters. The molecule has 9 nitrogen and oxygen atoms in total.